The second-order valence-corrected chi connectivity index (χ2v) is 55.9. The topological polar surface area (TPSA) is 411 Å². The molecular weight excluding hydrogens is 1780 g/mol. The summed E-state index contributed by atoms with van der Waals surface area (Å²) in [5.74, 6) is -7.84. The quantitative estimate of drug-likeness (QED) is 0.0280. The number of hydrogen-bond donors (Lipinski definition) is 8. The SMILES string of the molecule is C.CC1(C)CC(COC(=O)C2CCC(C(=O)OCC3CC(C)(C)NC3(C)C)C(C(=O)OCC3CC(C)(C)N(O)C3(C)C)C2)C(C)(C)N1.CC1(C)CC(COC(=O)C2CCC(C(=O)OCC3CC(C)(C)NC3(C)C)C(C(=O)OCC3CC(C)(C)NC3(C)C)C2)C(C)(C)N1.CN1C(C)(C)CC(COC(=O)C2CC(C(=O)OCC3CC(C)(C)NC3(C)C)CCC2C(=O)OCC2CC(C)(C)NC2(C)C)C1(C)C.O.O. The highest BCUT2D eigenvalue weighted by Gasteiger charge is 2.58. The van der Waals surface area contributed by atoms with Gasteiger partial charge in [0, 0.05) is 153 Å². The number of hydrogen-bond acceptors (Lipinski definition) is 28. The molecule has 0 aromatic heterocycles. The van der Waals surface area contributed by atoms with Crippen LogP contribution in [0.25, 0.3) is 0 Å². The van der Waals surface area contributed by atoms with Crippen LogP contribution in [0.3, 0.4) is 0 Å². The van der Waals surface area contributed by atoms with Crippen LogP contribution in [-0.4, -0.2) is 246 Å². The Hall–Kier alpha value is -5.25. The summed E-state index contributed by atoms with van der Waals surface area (Å²) in [6.45, 7) is 79.4. The molecule has 810 valence electrons. The van der Waals surface area contributed by atoms with E-state index < -0.39 is 88.2 Å². The van der Waals surface area contributed by atoms with Gasteiger partial charge in [-0.3, -0.25) is 48.1 Å². The molecule has 12 N–H and O–H groups in total. The van der Waals surface area contributed by atoms with Gasteiger partial charge in [-0.15, -0.1) is 0 Å². The van der Waals surface area contributed by atoms with Crippen LogP contribution in [0.2, 0.25) is 0 Å². The van der Waals surface area contributed by atoms with Gasteiger partial charge in [-0.25, -0.2) is 0 Å². The Balaban J connectivity index is 0.000000282. The molecule has 0 amide bonds. The zero-order valence-electron chi connectivity index (χ0n) is 93.2. The Morgan fingerprint density at radius 1 is 0.236 bits per heavy atom. The van der Waals surface area contributed by atoms with E-state index >= 15 is 0 Å². The molecule has 3 saturated carbocycles. The molecule has 0 aromatic carbocycles. The van der Waals surface area contributed by atoms with Crippen LogP contribution in [0.15, 0.2) is 0 Å². The van der Waals surface area contributed by atoms with Gasteiger partial charge in [0.15, 0.2) is 0 Å². The first-order valence-electron chi connectivity index (χ1n) is 52.4. The summed E-state index contributed by atoms with van der Waals surface area (Å²) >= 11 is 0. The molecule has 30 heteroatoms. The van der Waals surface area contributed by atoms with E-state index in [1.165, 1.54) is 5.06 Å². The number of carbonyl (C=O) groups is 9. The number of esters is 9. The van der Waals surface area contributed by atoms with E-state index in [4.69, 9.17) is 42.6 Å². The number of hydroxylamine groups is 2. The first-order valence-corrected chi connectivity index (χ1v) is 52.4. The summed E-state index contributed by atoms with van der Waals surface area (Å²) in [4.78, 5) is 125. The molecule has 12 fully saturated rings. The molecule has 9 heterocycles. The lowest BCUT2D eigenvalue weighted by Gasteiger charge is -2.38. The van der Waals surface area contributed by atoms with Crippen molar-refractivity contribution in [1.29, 1.82) is 0 Å². The van der Waals surface area contributed by atoms with Gasteiger partial charge >= 0.3 is 53.7 Å². The lowest BCUT2D eigenvalue weighted by molar-refractivity contribution is -0.199. The monoisotopic (exact) mass is 1980 g/mol. The maximum atomic E-state index is 13.9. The van der Waals surface area contributed by atoms with Crippen LogP contribution < -0.4 is 37.2 Å². The van der Waals surface area contributed by atoms with Gasteiger partial charge in [-0.1, -0.05) is 7.43 Å². The van der Waals surface area contributed by atoms with Crippen molar-refractivity contribution >= 4 is 53.7 Å². The van der Waals surface area contributed by atoms with Gasteiger partial charge in [-0.2, -0.15) is 5.06 Å². The number of nitrogens with one attached hydrogen (secondary N) is 7. The third-order valence-corrected chi connectivity index (χ3v) is 35.7. The Labute approximate surface area is 843 Å². The Morgan fingerprint density at radius 3 is 0.557 bits per heavy atom. The van der Waals surface area contributed by atoms with Crippen LogP contribution in [0.4, 0.5) is 0 Å². The van der Waals surface area contributed by atoms with E-state index in [1.54, 1.807) is 0 Å². The maximum absolute atomic E-state index is 13.9. The average Bonchev–Trinajstić information content (AvgIpc) is 1.61. The summed E-state index contributed by atoms with van der Waals surface area (Å²) in [6, 6.07) is 0. The lowest BCUT2D eigenvalue weighted by atomic mass is 9.74. The smallest absolute Gasteiger partial charge is 0.309 e. The fourth-order valence-corrected chi connectivity index (χ4v) is 28.0. The molecule has 30 nitrogen and oxygen atoms in total. The van der Waals surface area contributed by atoms with E-state index in [0.29, 0.717) is 78.0 Å². The largest absolute Gasteiger partial charge is 0.465 e. The molecule has 3 aliphatic carbocycles. The van der Waals surface area contributed by atoms with Crippen molar-refractivity contribution < 1.29 is 102 Å². The van der Waals surface area contributed by atoms with Gasteiger partial charge in [0.25, 0.3) is 0 Å². The van der Waals surface area contributed by atoms with Crippen LogP contribution in [-0.2, 0) is 85.8 Å². The molecule has 9 saturated heterocycles. The number of nitrogens with zero attached hydrogens (tertiary/aromatic N) is 2. The predicted octanol–water partition coefficient (Wildman–Crippen LogP) is 14.9. The molecule has 9 aliphatic heterocycles. The minimum absolute atomic E-state index is 0. The standard InChI is InChI=1S/C37H65N3O6.C36H63N3O7.C36H63N3O6.CH4.2H2O/c1-32(2)17-24(35(7,8)38-32)20-44-29(41)23-14-15-27(30(42)45-21-25-18-33(3,4)39-36(25,9)10)28(16-23)31(43)46-22-26-19-34(5,6)40(13)37(26,11)12;1-31(2)16-23(34(7,8)37-31)19-44-28(40)22-13-14-26(29(41)45-20-24-17-32(3,4)38-35(24,9)10)27(15-22)30(42)46-21-25-18-33(5,6)39(43)36(25,11)12;1-31(2)16-23(34(7,8)37-31)19-43-28(40)22-13-14-26(29(41)44-20-24-17-32(3,4)38-35(24,9)10)27(15-22)30(42)45-21-25-18-33(5,6)39-36(25,11)12;;;/h23-28,38-39H,14-22H2,1-13H3;22-27,37-38,43H,13-21H2,1-12H3;22-27,37-39H,13-21H2,1-12H3;1H4;2*1H2. The molecule has 12 rings (SSSR count). The highest BCUT2D eigenvalue weighted by atomic mass is 16.6. The molecule has 0 radical (unpaired) electrons. The van der Waals surface area contributed by atoms with Gasteiger partial charge in [0.05, 0.1) is 113 Å². The van der Waals surface area contributed by atoms with Crippen LogP contribution in [0.5, 0.6) is 0 Å². The molecule has 12 aliphatic rings. The number of rotatable bonds is 27. The Kier molecular flexibility index (Phi) is 37.8. The van der Waals surface area contributed by atoms with E-state index in [1.807, 2.05) is 27.7 Å². The van der Waals surface area contributed by atoms with E-state index in [9.17, 15) is 48.4 Å². The van der Waals surface area contributed by atoms with Crippen LogP contribution >= 0.6 is 0 Å². The van der Waals surface area contributed by atoms with Gasteiger partial charge in [0.1, 0.15) is 0 Å². The third kappa shape index (κ3) is 29.4. The minimum Gasteiger partial charge on any atom is -0.465 e. The highest BCUT2D eigenvalue weighted by molar-refractivity contribution is 5.86. The fraction of sp³-hybridized carbons (Fsp3) is 0.918. The van der Waals surface area contributed by atoms with Crippen molar-refractivity contribution in [1.82, 2.24) is 47.2 Å². The predicted molar refractivity (Wildman–Crippen MR) is 545 cm³/mol. The Morgan fingerprint density at radius 2 is 0.400 bits per heavy atom. The number of likely N-dealkylation sites (tertiary alicyclic amines) is 1. The number of ether oxygens (including phenoxy) is 9. The lowest BCUT2D eigenvalue weighted by Crippen LogP contribution is -2.48. The zero-order chi connectivity index (χ0) is 103. The summed E-state index contributed by atoms with van der Waals surface area (Å²) in [7, 11) is 2.12. The summed E-state index contributed by atoms with van der Waals surface area (Å²) in [5.41, 5.74) is -2.64. The molecule has 0 aromatic rings. The van der Waals surface area contributed by atoms with Crippen molar-refractivity contribution in [3.05, 3.63) is 0 Å². The van der Waals surface area contributed by atoms with Crippen LogP contribution in [0.1, 0.15) is 372 Å². The fourth-order valence-electron chi connectivity index (χ4n) is 28.0. The molecule has 0 bridgehead atoms. The van der Waals surface area contributed by atoms with Crippen LogP contribution in [0, 0.1) is 107 Å². The molecule has 18 unspecified atom stereocenters. The van der Waals surface area contributed by atoms with Crippen molar-refractivity contribution in [2.24, 2.45) is 107 Å². The van der Waals surface area contributed by atoms with E-state index in [-0.39, 0.29) is 236 Å². The summed E-state index contributed by atoms with van der Waals surface area (Å²) in [6.07, 6.45) is 11.0. The van der Waals surface area contributed by atoms with E-state index in [0.717, 1.165) is 51.4 Å². The molecule has 18 atom stereocenters. The molecule has 140 heavy (non-hydrogen) atoms. The van der Waals surface area contributed by atoms with Crippen molar-refractivity contribution in [3.8, 4) is 0 Å². The number of carbonyl (C=O) groups excluding carboxylic acids is 9. The molecular formula is C110H199N9O21. The summed E-state index contributed by atoms with van der Waals surface area (Å²) < 4.78 is 53.5. The maximum Gasteiger partial charge on any atom is 0.309 e. The highest BCUT2D eigenvalue weighted by Crippen LogP contribution is 2.51. The Bertz CT molecular complexity index is 4110. The zero-order valence-corrected chi connectivity index (χ0v) is 93.2. The van der Waals surface area contributed by atoms with Gasteiger partial charge in [0.2, 0.25) is 0 Å². The second kappa shape index (κ2) is 43.5. The second-order valence-electron chi connectivity index (χ2n) is 55.9. The minimum atomic E-state index is -0.809. The third-order valence-electron chi connectivity index (χ3n) is 35.7. The normalized spacial score (nSPS) is 34.7. The van der Waals surface area contributed by atoms with Crippen molar-refractivity contribution in [2.45, 2.75) is 472 Å². The van der Waals surface area contributed by atoms with E-state index in [2.05, 4.69) is 271 Å². The van der Waals surface area contributed by atoms with Crippen molar-refractivity contribution in [2.75, 3.05) is 66.5 Å². The van der Waals surface area contributed by atoms with Crippen molar-refractivity contribution in [3.63, 3.8) is 0 Å². The average molecular weight is 1980 g/mol. The van der Waals surface area contributed by atoms with Gasteiger partial charge < -0.3 is 96.0 Å². The first kappa shape index (κ1) is 122. The summed E-state index contributed by atoms with van der Waals surface area (Å²) in [5, 5.41) is 37.6. The molecule has 0 spiro atoms. The van der Waals surface area contributed by atoms with Gasteiger partial charge in [-0.05, 0) is 372 Å². The first-order chi connectivity index (χ1) is 62.2.